The Morgan fingerprint density at radius 1 is 1.08 bits per heavy atom. The van der Waals surface area contributed by atoms with Gasteiger partial charge in [0.15, 0.2) is 0 Å². The van der Waals surface area contributed by atoms with Crippen LogP contribution >= 0.6 is 11.6 Å². The quantitative estimate of drug-likeness (QED) is 0.777. The summed E-state index contributed by atoms with van der Waals surface area (Å²) in [5.74, 6) is -0.216. The summed E-state index contributed by atoms with van der Waals surface area (Å²) >= 11 is 5.86. The van der Waals surface area contributed by atoms with Crippen molar-refractivity contribution in [1.82, 2.24) is 4.31 Å². The molecule has 2 aromatic rings. The zero-order valence-corrected chi connectivity index (χ0v) is 16.7. The largest absolute Gasteiger partial charge is 0.326 e. The monoisotopic (exact) mass is 394 g/mol. The minimum absolute atomic E-state index is 0.0778. The van der Waals surface area contributed by atoms with E-state index < -0.39 is 10.0 Å². The molecule has 0 aliphatic carbocycles. The second-order valence-electron chi connectivity index (χ2n) is 6.29. The van der Waals surface area contributed by atoms with Crippen LogP contribution in [0.5, 0.6) is 0 Å². The molecule has 26 heavy (non-hydrogen) atoms. The van der Waals surface area contributed by atoms with Crippen LogP contribution in [0.25, 0.3) is 0 Å². The van der Waals surface area contributed by atoms with Crippen LogP contribution in [-0.4, -0.2) is 31.4 Å². The number of amides is 1. The van der Waals surface area contributed by atoms with Gasteiger partial charge < -0.3 is 5.32 Å². The minimum atomic E-state index is -3.44. The molecule has 0 heterocycles. The molecule has 0 saturated heterocycles. The van der Waals surface area contributed by atoms with Gasteiger partial charge in [-0.15, -0.1) is 0 Å². The fraction of sp³-hybridized carbons (Fsp3) is 0.316. The van der Waals surface area contributed by atoms with Gasteiger partial charge in [0.05, 0.1) is 6.26 Å². The molecule has 2 aromatic carbocycles. The highest BCUT2D eigenvalue weighted by atomic mass is 35.5. The van der Waals surface area contributed by atoms with Crippen molar-refractivity contribution in [3.63, 3.8) is 0 Å². The number of benzene rings is 2. The summed E-state index contributed by atoms with van der Waals surface area (Å²) in [5.41, 5.74) is 3.54. The molecule has 0 aliphatic rings. The van der Waals surface area contributed by atoms with Crippen LogP contribution < -0.4 is 5.32 Å². The van der Waals surface area contributed by atoms with Crippen LogP contribution in [0.2, 0.25) is 5.02 Å². The van der Waals surface area contributed by atoms with E-state index in [4.69, 9.17) is 11.6 Å². The lowest BCUT2D eigenvalue weighted by Crippen LogP contribution is -2.32. The van der Waals surface area contributed by atoms with Crippen molar-refractivity contribution in [1.29, 1.82) is 0 Å². The Balaban J connectivity index is 2.03. The van der Waals surface area contributed by atoms with Gasteiger partial charge in [0.2, 0.25) is 15.9 Å². The van der Waals surface area contributed by atoms with E-state index in [1.807, 2.05) is 32.0 Å². The molecule has 1 N–H and O–H groups in total. The van der Waals surface area contributed by atoms with Gasteiger partial charge in [0, 0.05) is 30.2 Å². The smallest absolute Gasteiger partial charge is 0.225 e. The van der Waals surface area contributed by atoms with Gasteiger partial charge in [-0.25, -0.2) is 8.42 Å². The first-order valence-corrected chi connectivity index (χ1v) is 10.4. The summed E-state index contributed by atoms with van der Waals surface area (Å²) in [4.78, 5) is 12.3. The van der Waals surface area contributed by atoms with Gasteiger partial charge in [0.1, 0.15) is 0 Å². The Morgan fingerprint density at radius 2 is 1.65 bits per heavy atom. The molecular formula is C19H23ClN2O3S. The predicted molar refractivity (Wildman–Crippen MR) is 106 cm³/mol. The summed E-state index contributed by atoms with van der Waals surface area (Å²) in [6.07, 6.45) is 1.22. The van der Waals surface area contributed by atoms with E-state index in [2.05, 4.69) is 5.32 Å². The molecule has 2 rings (SSSR count). The molecule has 0 bridgehead atoms. The van der Waals surface area contributed by atoms with Crippen LogP contribution in [0, 0.1) is 13.8 Å². The van der Waals surface area contributed by atoms with Crippen LogP contribution in [0.1, 0.15) is 23.1 Å². The number of nitrogens with zero attached hydrogens (tertiary/aromatic N) is 1. The average Bonchev–Trinajstić information content (AvgIpc) is 2.55. The summed E-state index contributed by atoms with van der Waals surface area (Å²) in [5, 5.41) is 3.47. The Bertz CT molecular complexity index is 860. The minimum Gasteiger partial charge on any atom is -0.326 e. The number of nitrogens with one attached hydrogen (secondary N) is 1. The van der Waals surface area contributed by atoms with Crippen LogP contribution in [0.3, 0.4) is 0 Å². The summed E-state index contributed by atoms with van der Waals surface area (Å²) in [7, 11) is -3.44. The topological polar surface area (TPSA) is 66.5 Å². The second kappa shape index (κ2) is 8.66. The van der Waals surface area contributed by atoms with E-state index in [1.165, 1.54) is 4.31 Å². The molecule has 0 unspecified atom stereocenters. The maximum absolute atomic E-state index is 12.3. The SMILES string of the molecule is Cc1cccc(C)c1NC(=O)CCN(Cc1ccc(Cl)cc1)S(C)(=O)=O. The highest BCUT2D eigenvalue weighted by Gasteiger charge is 2.19. The number of aryl methyl sites for hydroxylation is 2. The van der Waals surface area contributed by atoms with E-state index in [-0.39, 0.29) is 25.4 Å². The molecule has 5 nitrogen and oxygen atoms in total. The van der Waals surface area contributed by atoms with Crippen molar-refractivity contribution >= 4 is 33.2 Å². The van der Waals surface area contributed by atoms with Gasteiger partial charge in [-0.3, -0.25) is 4.79 Å². The maximum atomic E-state index is 12.3. The zero-order chi connectivity index (χ0) is 19.3. The first-order valence-electron chi connectivity index (χ1n) is 8.22. The summed E-state index contributed by atoms with van der Waals surface area (Å²) in [6.45, 7) is 4.16. The van der Waals surface area contributed by atoms with Crippen molar-refractivity contribution in [3.8, 4) is 0 Å². The summed E-state index contributed by atoms with van der Waals surface area (Å²) < 4.78 is 25.4. The fourth-order valence-electron chi connectivity index (χ4n) is 2.60. The van der Waals surface area contributed by atoms with Gasteiger partial charge >= 0.3 is 0 Å². The number of para-hydroxylation sites is 1. The van der Waals surface area contributed by atoms with Crippen molar-refractivity contribution in [3.05, 3.63) is 64.2 Å². The zero-order valence-electron chi connectivity index (χ0n) is 15.1. The lowest BCUT2D eigenvalue weighted by atomic mass is 10.1. The second-order valence-corrected chi connectivity index (χ2v) is 8.71. The Morgan fingerprint density at radius 3 is 2.19 bits per heavy atom. The highest BCUT2D eigenvalue weighted by Crippen LogP contribution is 2.20. The molecule has 0 spiro atoms. The Labute approximate surface area is 160 Å². The highest BCUT2D eigenvalue weighted by molar-refractivity contribution is 7.88. The third-order valence-electron chi connectivity index (χ3n) is 4.08. The molecular weight excluding hydrogens is 372 g/mol. The third-order valence-corrected chi connectivity index (χ3v) is 5.58. The van der Waals surface area contributed by atoms with E-state index >= 15 is 0 Å². The number of carbonyl (C=O) groups excluding carboxylic acids is 1. The Hall–Kier alpha value is -1.89. The molecule has 140 valence electrons. The number of hydrogen-bond donors (Lipinski definition) is 1. The maximum Gasteiger partial charge on any atom is 0.225 e. The lowest BCUT2D eigenvalue weighted by Gasteiger charge is -2.20. The van der Waals surface area contributed by atoms with Crippen LogP contribution in [-0.2, 0) is 21.4 Å². The molecule has 0 atom stereocenters. The number of halogens is 1. The third kappa shape index (κ3) is 5.83. The molecule has 0 saturated carbocycles. The van der Waals surface area contributed by atoms with Crippen molar-refractivity contribution < 1.29 is 13.2 Å². The molecule has 0 fully saturated rings. The lowest BCUT2D eigenvalue weighted by molar-refractivity contribution is -0.116. The van der Waals surface area contributed by atoms with Gasteiger partial charge in [0.25, 0.3) is 0 Å². The molecule has 7 heteroatoms. The van der Waals surface area contributed by atoms with E-state index in [1.54, 1.807) is 24.3 Å². The molecule has 1 amide bonds. The Kier molecular flexibility index (Phi) is 6.81. The van der Waals surface area contributed by atoms with Crippen molar-refractivity contribution in [2.75, 3.05) is 18.1 Å². The van der Waals surface area contributed by atoms with Crippen molar-refractivity contribution in [2.24, 2.45) is 0 Å². The number of rotatable bonds is 7. The van der Waals surface area contributed by atoms with Gasteiger partial charge in [-0.1, -0.05) is 41.9 Å². The number of hydrogen-bond acceptors (Lipinski definition) is 3. The number of sulfonamides is 1. The molecule has 0 aliphatic heterocycles. The normalized spacial score (nSPS) is 11.6. The molecule has 0 radical (unpaired) electrons. The van der Waals surface area contributed by atoms with E-state index in [0.717, 1.165) is 28.6 Å². The van der Waals surface area contributed by atoms with Gasteiger partial charge in [-0.05, 0) is 42.7 Å². The summed E-state index contributed by atoms with van der Waals surface area (Å²) in [6, 6.07) is 12.8. The predicted octanol–water partition coefficient (Wildman–Crippen LogP) is 3.75. The van der Waals surface area contributed by atoms with Crippen molar-refractivity contribution in [2.45, 2.75) is 26.8 Å². The standard InChI is InChI=1S/C19H23ClN2O3S/c1-14-5-4-6-15(2)19(14)21-18(23)11-12-22(26(3,24)25)13-16-7-9-17(20)10-8-16/h4-10H,11-13H2,1-3H3,(H,21,23). The fourth-order valence-corrected chi connectivity index (χ4v) is 3.53. The van der Waals surface area contributed by atoms with Crippen LogP contribution in [0.15, 0.2) is 42.5 Å². The average molecular weight is 395 g/mol. The van der Waals surface area contributed by atoms with Crippen LogP contribution in [0.4, 0.5) is 5.69 Å². The number of carbonyl (C=O) groups is 1. The van der Waals surface area contributed by atoms with E-state index in [9.17, 15) is 13.2 Å². The van der Waals surface area contributed by atoms with Gasteiger partial charge in [-0.2, -0.15) is 4.31 Å². The number of anilines is 1. The first kappa shape index (κ1) is 20.4. The first-order chi connectivity index (χ1) is 12.2. The van der Waals surface area contributed by atoms with E-state index in [0.29, 0.717) is 5.02 Å². The molecule has 0 aromatic heterocycles.